The van der Waals surface area contributed by atoms with Crippen LogP contribution < -0.4 is 5.73 Å². The monoisotopic (exact) mass is 252 g/mol. The molecule has 2 atom stereocenters. The molecule has 1 amide bonds. The van der Waals surface area contributed by atoms with Gasteiger partial charge in [0.2, 0.25) is 5.91 Å². The number of nitrogens with zero attached hydrogens (tertiary/aromatic N) is 1. The molecule has 1 fully saturated rings. The lowest BCUT2D eigenvalue weighted by molar-refractivity contribution is -0.132. The Labute approximate surface area is 107 Å². The van der Waals surface area contributed by atoms with Gasteiger partial charge >= 0.3 is 0 Å². The number of halogens is 1. The summed E-state index contributed by atoms with van der Waals surface area (Å²) in [5.41, 5.74) is 7.28. The highest BCUT2D eigenvalue weighted by Gasteiger charge is 2.40. The highest BCUT2D eigenvalue weighted by molar-refractivity contribution is 6.31. The summed E-state index contributed by atoms with van der Waals surface area (Å²) in [5.74, 6) is 0.942. The summed E-state index contributed by atoms with van der Waals surface area (Å²) in [6.07, 6.45) is 1.01. The van der Waals surface area contributed by atoms with E-state index in [0.717, 1.165) is 12.0 Å². The van der Waals surface area contributed by atoms with E-state index in [2.05, 4.69) is 6.92 Å². The van der Waals surface area contributed by atoms with Crippen LogP contribution in [-0.2, 0) is 11.3 Å². The van der Waals surface area contributed by atoms with Crippen LogP contribution in [0.1, 0.15) is 18.9 Å². The van der Waals surface area contributed by atoms with E-state index in [1.807, 2.05) is 13.1 Å². The van der Waals surface area contributed by atoms with Gasteiger partial charge in [-0.05, 0) is 36.1 Å². The van der Waals surface area contributed by atoms with Gasteiger partial charge in [-0.25, -0.2) is 0 Å². The van der Waals surface area contributed by atoms with Crippen LogP contribution in [0, 0.1) is 11.8 Å². The molecule has 1 aromatic rings. The van der Waals surface area contributed by atoms with Gasteiger partial charge in [-0.2, -0.15) is 0 Å². The second kappa shape index (κ2) is 4.57. The summed E-state index contributed by atoms with van der Waals surface area (Å²) in [5, 5.41) is 0.655. The topological polar surface area (TPSA) is 46.3 Å². The van der Waals surface area contributed by atoms with Crippen LogP contribution in [-0.4, -0.2) is 17.9 Å². The number of nitrogens with two attached hydrogens (primary N) is 1. The number of benzene rings is 1. The van der Waals surface area contributed by atoms with Crippen molar-refractivity contribution in [2.24, 2.45) is 11.8 Å². The normalized spacial score (nSPS) is 22.3. The summed E-state index contributed by atoms with van der Waals surface area (Å²) < 4.78 is 0. The molecule has 92 valence electrons. The Balaban J connectivity index is 2.04. The van der Waals surface area contributed by atoms with Gasteiger partial charge in [0.15, 0.2) is 0 Å². The van der Waals surface area contributed by atoms with Crippen molar-refractivity contribution < 1.29 is 4.79 Å². The van der Waals surface area contributed by atoms with Gasteiger partial charge in [-0.1, -0.05) is 18.5 Å². The number of rotatable bonds is 3. The Morgan fingerprint density at radius 3 is 2.82 bits per heavy atom. The number of hydrogen-bond donors (Lipinski definition) is 1. The molecule has 2 N–H and O–H groups in total. The molecule has 1 aromatic carbocycles. The summed E-state index contributed by atoms with van der Waals surface area (Å²) in [6.45, 7) is 2.62. The molecular weight excluding hydrogens is 236 g/mol. The maximum atomic E-state index is 12.0. The predicted molar refractivity (Wildman–Crippen MR) is 69.6 cm³/mol. The predicted octanol–water partition coefficient (Wildman–Crippen LogP) is 2.54. The third kappa shape index (κ3) is 2.72. The fourth-order valence-corrected chi connectivity index (χ4v) is 2.18. The number of carbonyl (C=O) groups is 1. The van der Waals surface area contributed by atoms with Gasteiger partial charge in [0.1, 0.15) is 0 Å². The van der Waals surface area contributed by atoms with Crippen molar-refractivity contribution in [2.75, 3.05) is 12.8 Å². The third-order valence-electron chi connectivity index (χ3n) is 3.28. The molecule has 0 heterocycles. The largest absolute Gasteiger partial charge is 0.399 e. The minimum absolute atomic E-state index is 0.205. The summed E-state index contributed by atoms with van der Waals surface area (Å²) >= 11 is 6.08. The molecule has 2 rings (SSSR count). The second-order valence-electron chi connectivity index (χ2n) is 4.86. The maximum Gasteiger partial charge on any atom is 0.226 e. The molecule has 1 aliphatic carbocycles. The van der Waals surface area contributed by atoms with Gasteiger partial charge < -0.3 is 10.6 Å². The van der Waals surface area contributed by atoms with Crippen molar-refractivity contribution in [3.63, 3.8) is 0 Å². The fourth-order valence-electron chi connectivity index (χ4n) is 2.00. The van der Waals surface area contributed by atoms with Crippen LogP contribution in [0.2, 0.25) is 5.02 Å². The van der Waals surface area contributed by atoms with Gasteiger partial charge in [0.05, 0.1) is 0 Å². The highest BCUT2D eigenvalue weighted by Crippen LogP contribution is 2.39. The van der Waals surface area contributed by atoms with E-state index in [1.165, 1.54) is 0 Å². The van der Waals surface area contributed by atoms with Crippen LogP contribution in [0.5, 0.6) is 0 Å². The molecule has 3 nitrogen and oxygen atoms in total. The van der Waals surface area contributed by atoms with Crippen LogP contribution >= 0.6 is 11.6 Å². The second-order valence-corrected chi connectivity index (χ2v) is 5.27. The van der Waals surface area contributed by atoms with Crippen molar-refractivity contribution in [3.8, 4) is 0 Å². The molecule has 0 saturated heterocycles. The molecule has 0 aliphatic heterocycles. The Bertz CT molecular complexity index is 447. The van der Waals surface area contributed by atoms with Crippen LogP contribution in [0.3, 0.4) is 0 Å². The smallest absolute Gasteiger partial charge is 0.226 e. The van der Waals surface area contributed by atoms with Gasteiger partial charge in [-0.15, -0.1) is 0 Å². The number of amides is 1. The van der Waals surface area contributed by atoms with Gasteiger partial charge in [0, 0.05) is 30.2 Å². The Morgan fingerprint density at radius 1 is 1.59 bits per heavy atom. The zero-order chi connectivity index (χ0) is 12.6. The van der Waals surface area contributed by atoms with E-state index < -0.39 is 0 Å². The highest BCUT2D eigenvalue weighted by atomic mass is 35.5. The quantitative estimate of drug-likeness (QED) is 0.841. The summed E-state index contributed by atoms with van der Waals surface area (Å²) in [6, 6.07) is 5.35. The van der Waals surface area contributed by atoms with Crippen molar-refractivity contribution in [2.45, 2.75) is 19.9 Å². The number of carbonyl (C=O) groups excluding carboxylic acids is 1. The molecule has 2 unspecified atom stereocenters. The standard InChI is InChI=1S/C13H17ClN2O/c1-8-5-11(8)13(17)16(2)7-9-6-10(15)3-4-12(9)14/h3-4,6,8,11H,5,7,15H2,1-2H3. The summed E-state index contributed by atoms with van der Waals surface area (Å²) in [7, 11) is 1.81. The van der Waals surface area contributed by atoms with E-state index in [1.54, 1.807) is 17.0 Å². The zero-order valence-electron chi connectivity index (χ0n) is 10.1. The Morgan fingerprint density at radius 2 is 2.24 bits per heavy atom. The number of hydrogen-bond acceptors (Lipinski definition) is 2. The lowest BCUT2D eigenvalue weighted by Crippen LogP contribution is -2.28. The minimum atomic E-state index is 0.205. The first kappa shape index (κ1) is 12.2. The molecule has 0 aromatic heterocycles. The lowest BCUT2D eigenvalue weighted by Gasteiger charge is -2.18. The van der Waals surface area contributed by atoms with E-state index >= 15 is 0 Å². The fraction of sp³-hybridized carbons (Fsp3) is 0.462. The molecule has 17 heavy (non-hydrogen) atoms. The number of nitrogen functional groups attached to an aromatic ring is 1. The Hall–Kier alpha value is -1.22. The number of anilines is 1. The molecule has 0 spiro atoms. The van der Waals surface area contributed by atoms with Gasteiger partial charge in [-0.3, -0.25) is 4.79 Å². The van der Waals surface area contributed by atoms with Crippen LogP contribution in [0.15, 0.2) is 18.2 Å². The van der Waals surface area contributed by atoms with Crippen molar-refractivity contribution >= 4 is 23.2 Å². The van der Waals surface area contributed by atoms with E-state index in [-0.39, 0.29) is 11.8 Å². The Kier molecular flexibility index (Phi) is 3.29. The van der Waals surface area contributed by atoms with Gasteiger partial charge in [0.25, 0.3) is 0 Å². The average Bonchev–Trinajstić information content (AvgIpc) is 3.00. The molecule has 4 heteroatoms. The van der Waals surface area contributed by atoms with E-state index in [9.17, 15) is 4.79 Å². The molecule has 0 radical (unpaired) electrons. The van der Waals surface area contributed by atoms with E-state index in [0.29, 0.717) is 23.2 Å². The van der Waals surface area contributed by atoms with E-state index in [4.69, 9.17) is 17.3 Å². The molecule has 1 saturated carbocycles. The van der Waals surface area contributed by atoms with Crippen LogP contribution in [0.25, 0.3) is 0 Å². The summed E-state index contributed by atoms with van der Waals surface area (Å²) in [4.78, 5) is 13.7. The third-order valence-corrected chi connectivity index (χ3v) is 3.65. The maximum absolute atomic E-state index is 12.0. The van der Waals surface area contributed by atoms with Crippen molar-refractivity contribution in [1.82, 2.24) is 4.90 Å². The first-order chi connectivity index (χ1) is 7.99. The van der Waals surface area contributed by atoms with Crippen LogP contribution in [0.4, 0.5) is 5.69 Å². The lowest BCUT2D eigenvalue weighted by atomic mass is 10.2. The first-order valence-electron chi connectivity index (χ1n) is 5.78. The molecular formula is C13H17ClN2O. The zero-order valence-corrected chi connectivity index (χ0v) is 10.9. The minimum Gasteiger partial charge on any atom is -0.399 e. The van der Waals surface area contributed by atoms with Crippen molar-refractivity contribution in [1.29, 1.82) is 0 Å². The van der Waals surface area contributed by atoms with Crippen molar-refractivity contribution in [3.05, 3.63) is 28.8 Å². The average molecular weight is 253 g/mol. The molecule has 0 bridgehead atoms. The first-order valence-corrected chi connectivity index (χ1v) is 6.15. The molecule has 1 aliphatic rings. The SMILES string of the molecule is CC1CC1C(=O)N(C)Cc1cc(N)ccc1Cl.